The van der Waals surface area contributed by atoms with Gasteiger partial charge in [0.05, 0.1) is 19.3 Å². The number of hydrogen-bond acceptors (Lipinski definition) is 5. The summed E-state index contributed by atoms with van der Waals surface area (Å²) in [5.41, 5.74) is -4.42. The molecular formula is C24H23F6N3O4S. The summed E-state index contributed by atoms with van der Waals surface area (Å²) in [4.78, 5) is 27.1. The summed E-state index contributed by atoms with van der Waals surface area (Å²) in [7, 11) is -1.30. The number of benzene rings is 2. The van der Waals surface area contributed by atoms with Crippen LogP contribution in [0.2, 0.25) is 0 Å². The molecule has 4 rings (SSSR count). The van der Waals surface area contributed by atoms with Gasteiger partial charge in [0.15, 0.2) is 0 Å². The molecule has 2 amide bonds. The predicted octanol–water partition coefficient (Wildman–Crippen LogP) is 3.77. The Balaban J connectivity index is 1.63. The number of nitrogens with zero attached hydrogens (tertiary/aromatic N) is 1. The van der Waals surface area contributed by atoms with Gasteiger partial charge in [-0.1, -0.05) is 18.2 Å². The molecule has 2 aromatic carbocycles. The smallest absolute Gasteiger partial charge is 0.378 e. The Morgan fingerprint density at radius 1 is 1.00 bits per heavy atom. The van der Waals surface area contributed by atoms with E-state index in [1.54, 1.807) is 23.5 Å². The maximum atomic E-state index is 14.0. The molecule has 0 radical (unpaired) electrons. The monoisotopic (exact) mass is 563 g/mol. The molecule has 7 nitrogen and oxygen atoms in total. The van der Waals surface area contributed by atoms with Crippen molar-refractivity contribution < 1.29 is 44.9 Å². The fourth-order valence-electron chi connectivity index (χ4n) is 4.56. The second-order valence-electron chi connectivity index (χ2n) is 9.06. The molecule has 206 valence electrons. The molecule has 38 heavy (non-hydrogen) atoms. The van der Waals surface area contributed by atoms with Crippen LogP contribution in [0, 0.1) is 0 Å². The van der Waals surface area contributed by atoms with E-state index < -0.39 is 58.2 Å². The van der Waals surface area contributed by atoms with Crippen LogP contribution in [0.3, 0.4) is 0 Å². The van der Waals surface area contributed by atoms with Crippen LogP contribution in [0.15, 0.2) is 47.4 Å². The molecule has 0 saturated carbocycles. The van der Waals surface area contributed by atoms with Crippen LogP contribution in [-0.4, -0.2) is 58.8 Å². The minimum absolute atomic E-state index is 0.0628. The lowest BCUT2D eigenvalue weighted by molar-refractivity contribution is -0.319. The van der Waals surface area contributed by atoms with E-state index in [9.17, 15) is 40.1 Å². The molecule has 2 unspecified atom stereocenters. The quantitative estimate of drug-likeness (QED) is 0.523. The van der Waals surface area contributed by atoms with Crippen LogP contribution in [-0.2, 0) is 37.2 Å². The van der Waals surface area contributed by atoms with Crippen molar-refractivity contribution in [3.8, 4) is 0 Å². The van der Waals surface area contributed by atoms with Crippen LogP contribution in [0.4, 0.5) is 32.0 Å². The zero-order chi connectivity index (χ0) is 28.0. The number of ether oxygens (including phenoxy) is 1. The number of fused-ring (bicyclic) bond motifs is 1. The number of nitrogens with one attached hydrogen (secondary N) is 2. The van der Waals surface area contributed by atoms with Crippen LogP contribution in [0.5, 0.6) is 0 Å². The number of hydrogen-bond donors (Lipinski definition) is 2. The molecule has 0 aliphatic carbocycles. The van der Waals surface area contributed by atoms with Crippen molar-refractivity contribution in [2.45, 2.75) is 48.3 Å². The molecule has 1 fully saturated rings. The zero-order valence-electron chi connectivity index (χ0n) is 20.1. The van der Waals surface area contributed by atoms with E-state index in [0.29, 0.717) is 28.2 Å². The van der Waals surface area contributed by atoms with Gasteiger partial charge in [-0.05, 0) is 41.0 Å². The Morgan fingerprint density at radius 2 is 1.61 bits per heavy atom. The van der Waals surface area contributed by atoms with E-state index in [1.165, 1.54) is 18.1 Å². The summed E-state index contributed by atoms with van der Waals surface area (Å²) in [6, 6.07) is 5.69. The highest BCUT2D eigenvalue weighted by Crippen LogP contribution is 2.51. The van der Waals surface area contributed by atoms with Crippen molar-refractivity contribution in [2.75, 3.05) is 24.8 Å². The first-order valence-corrected chi connectivity index (χ1v) is 12.9. The lowest BCUT2D eigenvalue weighted by Gasteiger charge is -2.43. The predicted molar refractivity (Wildman–Crippen MR) is 124 cm³/mol. The van der Waals surface area contributed by atoms with Gasteiger partial charge in [-0.2, -0.15) is 26.3 Å². The lowest BCUT2D eigenvalue weighted by atomic mass is 9.86. The fourth-order valence-corrected chi connectivity index (χ4v) is 5.13. The second-order valence-corrected chi connectivity index (χ2v) is 10.4. The van der Waals surface area contributed by atoms with Crippen molar-refractivity contribution in [3.63, 3.8) is 0 Å². The third kappa shape index (κ3) is 4.92. The van der Waals surface area contributed by atoms with Crippen molar-refractivity contribution in [1.29, 1.82) is 0 Å². The van der Waals surface area contributed by atoms with E-state index >= 15 is 0 Å². The summed E-state index contributed by atoms with van der Waals surface area (Å²) in [6.45, 7) is 0.733. The molecule has 14 heteroatoms. The summed E-state index contributed by atoms with van der Waals surface area (Å²) in [5, 5.41) is 4.15. The highest BCUT2D eigenvalue weighted by molar-refractivity contribution is 7.84. The van der Waals surface area contributed by atoms with Crippen LogP contribution < -0.4 is 10.6 Å². The van der Waals surface area contributed by atoms with Gasteiger partial charge in [-0.25, -0.2) is 0 Å². The summed E-state index contributed by atoms with van der Waals surface area (Å²) in [5.74, 6) is -1.14. The van der Waals surface area contributed by atoms with Gasteiger partial charge in [0.1, 0.15) is 6.04 Å². The largest absolute Gasteiger partial charge is 0.419 e. The zero-order valence-corrected chi connectivity index (χ0v) is 20.9. The first kappa shape index (κ1) is 28.0. The number of amides is 2. The molecule has 2 aliphatic heterocycles. The average Bonchev–Trinajstić information content (AvgIpc) is 3.17. The summed E-state index contributed by atoms with van der Waals surface area (Å²) < 4.78 is 100. The van der Waals surface area contributed by atoms with E-state index in [1.807, 2.05) is 0 Å². The molecule has 1 saturated heterocycles. The molecule has 0 bridgehead atoms. The number of halogens is 6. The minimum Gasteiger partial charge on any atom is -0.378 e. The number of anilines is 1. The second kappa shape index (κ2) is 9.97. The third-order valence-corrected chi connectivity index (χ3v) is 7.46. The van der Waals surface area contributed by atoms with Crippen LogP contribution in [0.1, 0.15) is 29.7 Å². The first-order valence-electron chi connectivity index (χ1n) is 11.3. The standard InChI is InChI=1S/C24H23F6N3O4S/c1-13(34)33-10-14-9-18(38(2)36)7-8-19(14)20(33)21(35)31-16-5-3-15(4-6-16)22(23(25,26)27,24(28,29)30)32-17-11-37-12-17/h3-9,17,20,32H,10-12H2,1-2H3,(H,31,35). The van der Waals surface area contributed by atoms with Crippen molar-refractivity contribution in [2.24, 2.45) is 0 Å². The van der Waals surface area contributed by atoms with Gasteiger partial charge in [0, 0.05) is 41.1 Å². The Hall–Kier alpha value is -2.97. The van der Waals surface area contributed by atoms with E-state index in [0.717, 1.165) is 12.1 Å². The molecule has 2 N–H and O–H groups in total. The Morgan fingerprint density at radius 3 is 2.08 bits per heavy atom. The maximum absolute atomic E-state index is 14.0. The van der Waals surface area contributed by atoms with Gasteiger partial charge >= 0.3 is 12.4 Å². The number of carbonyl (C=O) groups excluding carboxylic acids is 2. The fraction of sp³-hybridized carbons (Fsp3) is 0.417. The van der Waals surface area contributed by atoms with Crippen molar-refractivity contribution in [3.05, 3.63) is 59.2 Å². The minimum atomic E-state index is -5.73. The van der Waals surface area contributed by atoms with E-state index in [4.69, 9.17) is 4.74 Å². The summed E-state index contributed by atoms with van der Waals surface area (Å²) >= 11 is 0. The number of carbonyl (C=O) groups is 2. The molecule has 2 aliphatic rings. The maximum Gasteiger partial charge on any atom is 0.419 e. The van der Waals surface area contributed by atoms with Crippen LogP contribution in [0.25, 0.3) is 0 Å². The normalized spacial score (nSPS) is 19.1. The topological polar surface area (TPSA) is 87.7 Å². The highest BCUT2D eigenvalue weighted by Gasteiger charge is 2.72. The average molecular weight is 564 g/mol. The molecule has 0 aromatic heterocycles. The van der Waals surface area contributed by atoms with Gasteiger partial charge in [-0.3, -0.25) is 19.1 Å². The van der Waals surface area contributed by atoms with Crippen molar-refractivity contribution >= 4 is 28.3 Å². The Labute approximate surface area is 216 Å². The molecule has 2 aromatic rings. The number of alkyl halides is 6. The SMILES string of the molecule is CC(=O)N1Cc2cc(S(C)=O)ccc2C1C(=O)Nc1ccc(C(NC2COC2)(C(F)(F)F)C(F)(F)F)cc1. The summed E-state index contributed by atoms with van der Waals surface area (Å²) in [6.07, 6.45) is -9.99. The Bertz CT molecular complexity index is 1250. The van der Waals surface area contributed by atoms with E-state index in [-0.39, 0.29) is 25.4 Å². The van der Waals surface area contributed by atoms with Gasteiger partial charge in [-0.15, -0.1) is 0 Å². The lowest BCUT2D eigenvalue weighted by Crippen LogP contribution is -2.68. The molecule has 2 heterocycles. The van der Waals surface area contributed by atoms with Gasteiger partial charge in [0.2, 0.25) is 11.4 Å². The molecular weight excluding hydrogens is 540 g/mol. The van der Waals surface area contributed by atoms with Gasteiger partial charge < -0.3 is 15.0 Å². The van der Waals surface area contributed by atoms with Crippen LogP contribution >= 0.6 is 0 Å². The van der Waals surface area contributed by atoms with Crippen molar-refractivity contribution in [1.82, 2.24) is 10.2 Å². The molecule has 0 spiro atoms. The number of rotatable bonds is 6. The Kier molecular flexibility index (Phi) is 7.36. The molecule has 2 atom stereocenters. The van der Waals surface area contributed by atoms with E-state index in [2.05, 4.69) is 5.32 Å². The first-order chi connectivity index (χ1) is 17.7. The van der Waals surface area contributed by atoms with Gasteiger partial charge in [0.25, 0.3) is 5.91 Å². The highest BCUT2D eigenvalue weighted by atomic mass is 32.2. The third-order valence-electron chi connectivity index (χ3n) is 6.54.